The topological polar surface area (TPSA) is 66.5 Å². The number of hydrogen-bond donors (Lipinski definition) is 2. The lowest BCUT2D eigenvalue weighted by Crippen LogP contribution is -2.61. The predicted octanol–water partition coefficient (Wildman–Crippen LogP) is 2.61. The van der Waals surface area contributed by atoms with E-state index in [0.29, 0.717) is 12.1 Å². The van der Waals surface area contributed by atoms with Crippen molar-refractivity contribution in [2.24, 2.45) is 0 Å². The number of nitrogens with zero attached hydrogens (tertiary/aromatic N) is 2. The number of morpholine rings is 1. The zero-order chi connectivity index (χ0) is 19.0. The van der Waals surface area contributed by atoms with Crippen LogP contribution in [0.25, 0.3) is 0 Å². The van der Waals surface area contributed by atoms with Crippen LogP contribution in [0.5, 0.6) is 0 Å². The van der Waals surface area contributed by atoms with Crippen LogP contribution in [0.2, 0.25) is 0 Å². The summed E-state index contributed by atoms with van der Waals surface area (Å²) < 4.78 is 6.01. The highest BCUT2D eigenvalue weighted by Crippen LogP contribution is 2.34. The van der Waals surface area contributed by atoms with E-state index in [-0.39, 0.29) is 17.6 Å². The molecule has 146 valence electrons. The van der Waals surface area contributed by atoms with Gasteiger partial charge in [-0.2, -0.15) is 0 Å². The highest BCUT2D eigenvalue weighted by molar-refractivity contribution is 6.07. The van der Waals surface area contributed by atoms with E-state index in [0.717, 1.165) is 37.6 Å². The summed E-state index contributed by atoms with van der Waals surface area (Å²) in [6.45, 7) is 3.12. The molecule has 3 heterocycles. The van der Waals surface area contributed by atoms with Crippen molar-refractivity contribution in [1.82, 2.24) is 10.3 Å². The van der Waals surface area contributed by atoms with Crippen molar-refractivity contribution in [2.45, 2.75) is 37.3 Å². The Morgan fingerprint density at radius 1 is 1.29 bits per heavy atom. The zero-order valence-electron chi connectivity index (χ0n) is 16.0. The van der Waals surface area contributed by atoms with E-state index >= 15 is 0 Å². The van der Waals surface area contributed by atoms with Gasteiger partial charge < -0.3 is 20.3 Å². The van der Waals surface area contributed by atoms with E-state index < -0.39 is 0 Å². The number of fused-ring (bicyclic) bond motifs is 1. The molecule has 1 aromatic carbocycles. The molecule has 1 saturated heterocycles. The first-order valence-electron chi connectivity index (χ1n) is 10.2. The number of anilines is 2. The minimum absolute atomic E-state index is 0.00890. The number of nitrogens with one attached hydrogen (secondary N) is 2. The molecule has 2 aliphatic heterocycles. The molecule has 1 aromatic heterocycles. The lowest BCUT2D eigenvalue weighted by Gasteiger charge is -2.47. The number of aromatic nitrogens is 1. The second-order valence-electron chi connectivity index (χ2n) is 8.10. The molecule has 0 radical (unpaired) electrons. The van der Waals surface area contributed by atoms with Crippen LogP contribution in [0.15, 0.2) is 42.6 Å². The highest BCUT2D eigenvalue weighted by Gasteiger charge is 2.40. The van der Waals surface area contributed by atoms with Crippen molar-refractivity contribution in [3.63, 3.8) is 0 Å². The summed E-state index contributed by atoms with van der Waals surface area (Å²) in [4.78, 5) is 19.1. The standard InChI is InChI=1S/C22H26N4O2/c27-21(26-11-8-16-4-1-2-5-19(16)26)17-6-7-20(23-12-17)24-13-18-14-25-22(15-28-18)9-3-10-22/h1-2,4-7,12,18,25H,3,8-11,13-15H2,(H,23,24). The van der Waals surface area contributed by atoms with Gasteiger partial charge in [-0.1, -0.05) is 18.2 Å². The summed E-state index contributed by atoms with van der Waals surface area (Å²) in [5.74, 6) is 0.778. The van der Waals surface area contributed by atoms with Crippen molar-refractivity contribution >= 4 is 17.4 Å². The zero-order valence-corrected chi connectivity index (χ0v) is 16.0. The number of rotatable bonds is 4. The predicted molar refractivity (Wildman–Crippen MR) is 109 cm³/mol. The Morgan fingerprint density at radius 3 is 2.89 bits per heavy atom. The van der Waals surface area contributed by atoms with E-state index in [9.17, 15) is 4.79 Å². The molecular weight excluding hydrogens is 352 g/mol. The third kappa shape index (κ3) is 3.27. The Kier molecular flexibility index (Phi) is 4.53. The fourth-order valence-corrected chi connectivity index (χ4v) is 4.32. The second-order valence-corrected chi connectivity index (χ2v) is 8.10. The van der Waals surface area contributed by atoms with E-state index in [1.165, 1.54) is 24.8 Å². The van der Waals surface area contributed by atoms with Crippen LogP contribution < -0.4 is 15.5 Å². The van der Waals surface area contributed by atoms with Crippen molar-refractivity contribution in [2.75, 3.05) is 36.5 Å². The fourth-order valence-electron chi connectivity index (χ4n) is 4.32. The molecule has 1 aliphatic carbocycles. The van der Waals surface area contributed by atoms with E-state index in [4.69, 9.17) is 4.74 Å². The maximum atomic E-state index is 12.9. The average molecular weight is 378 g/mol. The van der Waals surface area contributed by atoms with Crippen LogP contribution in [0.4, 0.5) is 11.5 Å². The van der Waals surface area contributed by atoms with Crippen LogP contribution in [0.3, 0.4) is 0 Å². The smallest absolute Gasteiger partial charge is 0.259 e. The largest absolute Gasteiger partial charge is 0.373 e. The van der Waals surface area contributed by atoms with Gasteiger partial charge in [0.1, 0.15) is 5.82 Å². The Balaban J connectivity index is 1.17. The van der Waals surface area contributed by atoms with E-state index in [1.54, 1.807) is 6.20 Å². The first-order valence-corrected chi connectivity index (χ1v) is 10.2. The first-order chi connectivity index (χ1) is 13.7. The number of para-hydroxylation sites is 1. The average Bonchev–Trinajstić information content (AvgIpc) is 3.15. The fraction of sp³-hybridized carbons (Fsp3) is 0.455. The van der Waals surface area contributed by atoms with Crippen molar-refractivity contribution < 1.29 is 9.53 Å². The van der Waals surface area contributed by atoms with Crippen LogP contribution in [0, 0.1) is 0 Å². The maximum Gasteiger partial charge on any atom is 0.259 e. The number of pyridine rings is 1. The molecule has 28 heavy (non-hydrogen) atoms. The molecule has 6 nitrogen and oxygen atoms in total. The molecule has 2 fully saturated rings. The van der Waals surface area contributed by atoms with Gasteiger partial charge >= 0.3 is 0 Å². The number of carbonyl (C=O) groups is 1. The summed E-state index contributed by atoms with van der Waals surface area (Å²) >= 11 is 0. The molecule has 1 spiro atoms. The van der Waals surface area contributed by atoms with Gasteiger partial charge in [-0.15, -0.1) is 0 Å². The quantitative estimate of drug-likeness (QED) is 0.856. The Morgan fingerprint density at radius 2 is 2.18 bits per heavy atom. The highest BCUT2D eigenvalue weighted by atomic mass is 16.5. The molecule has 1 atom stereocenters. The molecule has 2 aromatic rings. The van der Waals surface area contributed by atoms with Gasteiger partial charge in [0.2, 0.25) is 0 Å². The van der Waals surface area contributed by atoms with Gasteiger partial charge in [-0.3, -0.25) is 4.79 Å². The number of carbonyl (C=O) groups excluding carboxylic acids is 1. The third-order valence-corrected chi connectivity index (χ3v) is 6.26. The Hall–Kier alpha value is -2.44. The van der Waals surface area contributed by atoms with Crippen LogP contribution in [0.1, 0.15) is 35.2 Å². The van der Waals surface area contributed by atoms with Crippen molar-refractivity contribution in [3.05, 3.63) is 53.7 Å². The Bertz CT molecular complexity index is 853. The second kappa shape index (κ2) is 7.18. The van der Waals surface area contributed by atoms with Gasteiger partial charge in [-0.05, 0) is 49.4 Å². The molecule has 2 N–H and O–H groups in total. The molecule has 0 bridgehead atoms. The van der Waals surface area contributed by atoms with Gasteiger partial charge in [-0.25, -0.2) is 4.98 Å². The minimum atomic E-state index is 0.00890. The summed E-state index contributed by atoms with van der Waals surface area (Å²) in [5.41, 5.74) is 3.11. The lowest BCUT2D eigenvalue weighted by molar-refractivity contribution is -0.0546. The van der Waals surface area contributed by atoms with Gasteiger partial charge in [0.15, 0.2) is 0 Å². The molecule has 1 saturated carbocycles. The van der Waals surface area contributed by atoms with E-state index in [2.05, 4.69) is 21.7 Å². The maximum absolute atomic E-state index is 12.9. The molecule has 6 heteroatoms. The normalized spacial score (nSPS) is 22.6. The summed E-state index contributed by atoms with van der Waals surface area (Å²) in [6, 6.07) is 11.8. The van der Waals surface area contributed by atoms with Crippen LogP contribution in [-0.2, 0) is 11.2 Å². The van der Waals surface area contributed by atoms with Gasteiger partial charge in [0.05, 0.1) is 18.3 Å². The van der Waals surface area contributed by atoms with Crippen LogP contribution in [-0.4, -0.2) is 48.8 Å². The number of benzene rings is 1. The summed E-state index contributed by atoms with van der Waals surface area (Å²) in [6.07, 6.45) is 6.48. The summed E-state index contributed by atoms with van der Waals surface area (Å²) in [5, 5.41) is 6.97. The van der Waals surface area contributed by atoms with Crippen LogP contribution >= 0.6 is 0 Å². The molecule has 3 aliphatic rings. The number of hydrogen-bond acceptors (Lipinski definition) is 5. The number of amides is 1. The van der Waals surface area contributed by atoms with Gasteiger partial charge in [0.25, 0.3) is 5.91 Å². The summed E-state index contributed by atoms with van der Waals surface area (Å²) in [7, 11) is 0. The molecular formula is C22H26N4O2. The minimum Gasteiger partial charge on any atom is -0.373 e. The Labute approximate surface area is 165 Å². The molecule has 1 unspecified atom stereocenters. The third-order valence-electron chi connectivity index (χ3n) is 6.26. The monoisotopic (exact) mass is 378 g/mol. The van der Waals surface area contributed by atoms with Gasteiger partial charge in [0, 0.05) is 37.1 Å². The van der Waals surface area contributed by atoms with Crippen molar-refractivity contribution in [1.29, 1.82) is 0 Å². The molecule has 5 rings (SSSR count). The lowest BCUT2D eigenvalue weighted by atomic mass is 9.76. The number of ether oxygens (including phenoxy) is 1. The first kappa shape index (κ1) is 17.6. The SMILES string of the molecule is O=C(c1ccc(NCC2CNC3(CCC3)CO2)nc1)N1CCc2ccccc21. The van der Waals surface area contributed by atoms with Crippen molar-refractivity contribution in [3.8, 4) is 0 Å². The molecule has 1 amide bonds. The van der Waals surface area contributed by atoms with E-state index in [1.807, 2.05) is 35.2 Å².